The number of aromatic amines is 1. The van der Waals surface area contributed by atoms with Crippen molar-refractivity contribution in [2.75, 3.05) is 7.11 Å². The monoisotopic (exact) mass is 438 g/mol. The quantitative estimate of drug-likeness (QED) is 0.471. The molecule has 11 heteroatoms. The van der Waals surface area contributed by atoms with Gasteiger partial charge in [0.1, 0.15) is 5.69 Å². The van der Waals surface area contributed by atoms with Gasteiger partial charge in [-0.25, -0.2) is 0 Å². The maximum Gasteiger partial charge on any atom is 0.294 e. The van der Waals surface area contributed by atoms with Crippen molar-refractivity contribution in [3.05, 3.63) is 75.8 Å². The Morgan fingerprint density at radius 1 is 1.10 bits per heavy atom. The highest BCUT2D eigenvalue weighted by atomic mass is 35.5. The maximum atomic E-state index is 12.6. The normalized spacial score (nSPS) is 10.6. The summed E-state index contributed by atoms with van der Waals surface area (Å²) in [5, 5.41) is 14.1. The van der Waals surface area contributed by atoms with Crippen LogP contribution < -0.4 is 20.8 Å². The molecule has 156 valence electrons. The summed E-state index contributed by atoms with van der Waals surface area (Å²) in [4.78, 5) is 24.1. The first-order valence-electron chi connectivity index (χ1n) is 8.89. The van der Waals surface area contributed by atoms with E-state index >= 15 is 0 Å². The van der Waals surface area contributed by atoms with Gasteiger partial charge in [0.25, 0.3) is 11.5 Å². The molecule has 2 heterocycles. The summed E-state index contributed by atoms with van der Waals surface area (Å²) < 4.78 is 12.3. The molecule has 31 heavy (non-hydrogen) atoms. The molecular weight excluding hydrogens is 424 g/mol. The fraction of sp³-hybridized carbons (Fsp3) is 0.0500. The van der Waals surface area contributed by atoms with Crippen molar-refractivity contribution in [3.63, 3.8) is 0 Å². The Balaban J connectivity index is 1.68. The zero-order valence-corrected chi connectivity index (χ0v) is 16.8. The molecule has 0 bridgehead atoms. The molecule has 0 spiro atoms. The fourth-order valence-electron chi connectivity index (χ4n) is 2.86. The molecule has 0 aliphatic carbocycles. The molecule has 0 unspecified atom stereocenters. The number of ether oxygens (including phenoxy) is 2. The largest absolute Gasteiger partial charge is 0.493 e. The summed E-state index contributed by atoms with van der Waals surface area (Å²) in [6.07, 6.45) is 1.34. The average Bonchev–Trinajstić information content (AvgIpc) is 3.28. The number of aromatic nitrogens is 5. The first kappa shape index (κ1) is 20.1. The second-order valence-corrected chi connectivity index (χ2v) is 6.61. The summed E-state index contributed by atoms with van der Waals surface area (Å²) in [7, 11) is 1.44. The van der Waals surface area contributed by atoms with Gasteiger partial charge < -0.3 is 15.2 Å². The molecule has 4 aromatic rings. The van der Waals surface area contributed by atoms with Crippen molar-refractivity contribution < 1.29 is 14.3 Å². The predicted molar refractivity (Wildman–Crippen MR) is 112 cm³/mol. The lowest BCUT2D eigenvalue weighted by Crippen LogP contribution is -2.21. The molecular formula is C20H15ClN6O4. The summed E-state index contributed by atoms with van der Waals surface area (Å²) >= 11 is 6.25. The number of hydrogen-bond acceptors (Lipinski definition) is 7. The third kappa shape index (κ3) is 3.83. The molecule has 0 saturated heterocycles. The van der Waals surface area contributed by atoms with Gasteiger partial charge in [0.2, 0.25) is 0 Å². The number of para-hydroxylation sites is 1. The van der Waals surface area contributed by atoms with E-state index in [-0.39, 0.29) is 27.9 Å². The number of nitrogens with two attached hydrogens (primary N) is 1. The van der Waals surface area contributed by atoms with E-state index in [1.807, 2.05) is 6.07 Å². The van der Waals surface area contributed by atoms with Gasteiger partial charge in [0, 0.05) is 5.56 Å². The van der Waals surface area contributed by atoms with Gasteiger partial charge in [-0.2, -0.15) is 25.2 Å². The number of rotatable bonds is 6. The first-order valence-corrected chi connectivity index (χ1v) is 9.27. The molecule has 0 saturated carbocycles. The van der Waals surface area contributed by atoms with Gasteiger partial charge in [-0.3, -0.25) is 9.59 Å². The predicted octanol–water partition coefficient (Wildman–Crippen LogP) is 2.57. The molecule has 1 amide bonds. The Kier molecular flexibility index (Phi) is 5.37. The van der Waals surface area contributed by atoms with E-state index in [9.17, 15) is 9.59 Å². The third-order valence-corrected chi connectivity index (χ3v) is 4.67. The molecule has 0 radical (unpaired) electrons. The number of carbonyl (C=O) groups is 1. The van der Waals surface area contributed by atoms with Crippen LogP contribution in [0.5, 0.6) is 17.2 Å². The van der Waals surface area contributed by atoms with Crippen LogP contribution in [0.3, 0.4) is 0 Å². The SMILES string of the molecule is COc1cc(-c2n[nH]nc2C(N)=O)ccc1Oc1cnn(-c2ccccc2)c(=O)c1Cl. The molecule has 0 aliphatic heterocycles. The molecule has 2 aromatic carbocycles. The molecule has 4 rings (SSSR count). The van der Waals surface area contributed by atoms with E-state index in [1.165, 1.54) is 18.0 Å². The molecule has 0 fully saturated rings. The van der Waals surface area contributed by atoms with Gasteiger partial charge in [0.15, 0.2) is 28.0 Å². The lowest BCUT2D eigenvalue weighted by molar-refractivity contribution is 0.0996. The standard InChI is InChI=1S/C20H15ClN6O4/c1-30-14-9-11(17-18(19(22)28)25-26-24-17)7-8-13(14)31-15-10-23-27(20(29)16(15)21)12-5-3-2-4-6-12/h2-10H,1H3,(H2,22,28)(H,24,25,26). The van der Waals surface area contributed by atoms with Crippen LogP contribution in [0.15, 0.2) is 59.5 Å². The van der Waals surface area contributed by atoms with E-state index in [1.54, 1.807) is 42.5 Å². The molecule has 3 N–H and O–H groups in total. The Bertz CT molecular complexity index is 1320. The topological polar surface area (TPSA) is 138 Å². The number of amides is 1. The number of nitrogens with zero attached hydrogens (tertiary/aromatic N) is 4. The molecule has 0 aliphatic rings. The Labute approximate surface area is 180 Å². The van der Waals surface area contributed by atoms with Crippen LogP contribution in [0, 0.1) is 0 Å². The Morgan fingerprint density at radius 3 is 2.58 bits per heavy atom. The number of benzene rings is 2. The van der Waals surface area contributed by atoms with Gasteiger partial charge in [0.05, 0.1) is 19.0 Å². The Morgan fingerprint density at radius 2 is 1.87 bits per heavy atom. The number of primary amides is 1. The highest BCUT2D eigenvalue weighted by Crippen LogP contribution is 2.36. The maximum absolute atomic E-state index is 12.6. The molecule has 2 aromatic heterocycles. The van der Waals surface area contributed by atoms with Crippen LogP contribution in [-0.4, -0.2) is 38.2 Å². The van der Waals surface area contributed by atoms with Gasteiger partial charge >= 0.3 is 0 Å². The number of halogens is 1. The van der Waals surface area contributed by atoms with E-state index in [0.717, 1.165) is 0 Å². The zero-order valence-electron chi connectivity index (χ0n) is 16.1. The minimum atomic E-state index is -0.722. The van der Waals surface area contributed by atoms with Crippen LogP contribution in [-0.2, 0) is 0 Å². The van der Waals surface area contributed by atoms with Crippen LogP contribution in [0.25, 0.3) is 16.9 Å². The first-order chi connectivity index (χ1) is 15.0. The van der Waals surface area contributed by atoms with E-state index in [4.69, 9.17) is 26.8 Å². The fourth-order valence-corrected chi connectivity index (χ4v) is 3.03. The van der Waals surface area contributed by atoms with Crippen molar-refractivity contribution in [2.45, 2.75) is 0 Å². The number of hydrogen-bond donors (Lipinski definition) is 2. The number of methoxy groups -OCH3 is 1. The van der Waals surface area contributed by atoms with E-state index < -0.39 is 11.5 Å². The van der Waals surface area contributed by atoms with Crippen LogP contribution in [0.1, 0.15) is 10.5 Å². The van der Waals surface area contributed by atoms with Gasteiger partial charge in [-0.1, -0.05) is 29.8 Å². The molecule has 10 nitrogen and oxygen atoms in total. The zero-order chi connectivity index (χ0) is 22.0. The Hall–Kier alpha value is -4.18. The summed E-state index contributed by atoms with van der Waals surface area (Å²) in [5.74, 6) is -0.0841. The van der Waals surface area contributed by atoms with E-state index in [0.29, 0.717) is 17.0 Å². The van der Waals surface area contributed by atoms with Gasteiger partial charge in [-0.15, -0.1) is 0 Å². The highest BCUT2D eigenvalue weighted by Gasteiger charge is 2.19. The third-order valence-electron chi connectivity index (χ3n) is 4.33. The minimum absolute atomic E-state index is 0.00696. The lowest BCUT2D eigenvalue weighted by Gasteiger charge is -2.13. The number of carbonyl (C=O) groups excluding carboxylic acids is 1. The smallest absolute Gasteiger partial charge is 0.294 e. The minimum Gasteiger partial charge on any atom is -0.493 e. The van der Waals surface area contributed by atoms with E-state index in [2.05, 4.69) is 20.5 Å². The van der Waals surface area contributed by atoms with Crippen LogP contribution in [0.4, 0.5) is 0 Å². The highest BCUT2D eigenvalue weighted by molar-refractivity contribution is 6.31. The van der Waals surface area contributed by atoms with Crippen molar-refractivity contribution in [1.29, 1.82) is 0 Å². The van der Waals surface area contributed by atoms with Gasteiger partial charge in [-0.05, 0) is 30.3 Å². The second kappa shape index (κ2) is 8.28. The second-order valence-electron chi connectivity index (χ2n) is 6.23. The number of H-pyrrole nitrogens is 1. The lowest BCUT2D eigenvalue weighted by atomic mass is 10.1. The molecule has 0 atom stereocenters. The summed E-state index contributed by atoms with van der Waals surface area (Å²) in [5.41, 5.74) is 6.13. The van der Waals surface area contributed by atoms with Crippen molar-refractivity contribution in [3.8, 4) is 34.2 Å². The van der Waals surface area contributed by atoms with Crippen molar-refractivity contribution in [2.24, 2.45) is 5.73 Å². The average molecular weight is 439 g/mol. The van der Waals surface area contributed by atoms with Crippen LogP contribution >= 0.6 is 11.6 Å². The van der Waals surface area contributed by atoms with Crippen molar-refractivity contribution >= 4 is 17.5 Å². The summed E-state index contributed by atoms with van der Waals surface area (Å²) in [6.45, 7) is 0. The van der Waals surface area contributed by atoms with Crippen molar-refractivity contribution in [1.82, 2.24) is 25.2 Å². The van der Waals surface area contributed by atoms with Crippen LogP contribution in [0.2, 0.25) is 5.02 Å². The summed E-state index contributed by atoms with van der Waals surface area (Å²) in [6, 6.07) is 13.7. The number of nitrogens with one attached hydrogen (secondary N) is 1.